The molecular weight excluding hydrogens is 941 g/mol. The zero-order valence-corrected chi connectivity index (χ0v) is 43.3. The largest absolute Gasteiger partial charge is 0.310 e. The van der Waals surface area contributed by atoms with E-state index in [0.29, 0.717) is 0 Å². The van der Waals surface area contributed by atoms with Crippen LogP contribution in [0.2, 0.25) is 0 Å². The minimum atomic E-state index is -0.396. The van der Waals surface area contributed by atoms with Gasteiger partial charge in [-0.3, -0.25) is 0 Å². The lowest BCUT2D eigenvalue weighted by molar-refractivity contribution is 0.661. The Morgan fingerprint density at radius 2 is 0.769 bits per heavy atom. The molecule has 17 rings (SSSR count). The van der Waals surface area contributed by atoms with Crippen LogP contribution in [0.3, 0.4) is 0 Å². The van der Waals surface area contributed by atoms with Crippen molar-refractivity contribution in [3.8, 4) is 83.6 Å². The summed E-state index contributed by atoms with van der Waals surface area (Å²) in [4.78, 5) is 2.43. The normalized spacial score (nSPS) is 14.0. The van der Waals surface area contributed by atoms with Crippen molar-refractivity contribution in [2.75, 3.05) is 4.90 Å². The van der Waals surface area contributed by atoms with E-state index in [0.717, 1.165) is 17.1 Å². The number of benzene rings is 12. The maximum atomic E-state index is 2.57. The molecule has 0 atom stereocenters. The first-order chi connectivity index (χ1) is 38.4. The summed E-state index contributed by atoms with van der Waals surface area (Å²) in [5.74, 6) is 0. The van der Waals surface area contributed by atoms with Crippen LogP contribution in [0.25, 0.3) is 105 Å². The van der Waals surface area contributed by atoms with Gasteiger partial charge in [0.25, 0.3) is 0 Å². The third kappa shape index (κ3) is 5.76. The molecule has 1 spiro atoms. The van der Waals surface area contributed by atoms with Gasteiger partial charge < -0.3 is 9.47 Å². The van der Waals surface area contributed by atoms with Gasteiger partial charge in [0, 0.05) is 44.4 Å². The van der Waals surface area contributed by atoms with Crippen LogP contribution in [0.5, 0.6) is 0 Å². The van der Waals surface area contributed by atoms with Crippen LogP contribution in [-0.4, -0.2) is 4.57 Å². The predicted molar refractivity (Wildman–Crippen MR) is 325 cm³/mol. The molecule has 3 aliphatic carbocycles. The van der Waals surface area contributed by atoms with E-state index >= 15 is 0 Å². The molecule has 0 saturated heterocycles. The van der Waals surface area contributed by atoms with E-state index in [-0.39, 0.29) is 5.41 Å². The Morgan fingerprint density at radius 3 is 1.47 bits per heavy atom. The number of nitrogens with zero attached hydrogens (tertiary/aromatic N) is 2. The van der Waals surface area contributed by atoms with Crippen LogP contribution in [0.1, 0.15) is 47.2 Å². The highest BCUT2D eigenvalue weighted by Crippen LogP contribution is 2.64. The molecule has 0 bridgehead atoms. The van der Waals surface area contributed by atoms with Gasteiger partial charge in [0.2, 0.25) is 0 Å². The minimum absolute atomic E-state index is 0.0894. The van der Waals surface area contributed by atoms with Crippen LogP contribution in [0.15, 0.2) is 267 Å². The van der Waals surface area contributed by atoms with Gasteiger partial charge in [0.15, 0.2) is 0 Å². The molecule has 0 fully saturated rings. The maximum absolute atomic E-state index is 2.57. The molecule has 0 radical (unpaired) electrons. The molecule has 0 amide bonds. The van der Waals surface area contributed by atoms with E-state index in [1.54, 1.807) is 0 Å². The number of hydrogen-bond acceptors (Lipinski definition) is 1. The molecule has 0 unspecified atom stereocenters. The first kappa shape index (κ1) is 43.5. The van der Waals surface area contributed by atoms with Crippen molar-refractivity contribution >= 4 is 38.9 Å². The van der Waals surface area contributed by atoms with E-state index in [9.17, 15) is 0 Å². The van der Waals surface area contributed by atoms with E-state index in [1.807, 2.05) is 0 Å². The second-order valence-electron chi connectivity index (χ2n) is 22.3. The van der Waals surface area contributed by atoms with Crippen LogP contribution in [0.4, 0.5) is 17.1 Å². The molecule has 364 valence electrons. The number of fused-ring (bicyclic) bond motifs is 16. The van der Waals surface area contributed by atoms with Gasteiger partial charge in [-0.2, -0.15) is 0 Å². The predicted octanol–water partition coefficient (Wildman–Crippen LogP) is 19.9. The molecule has 0 saturated carbocycles. The van der Waals surface area contributed by atoms with E-state index in [2.05, 4.69) is 290 Å². The van der Waals surface area contributed by atoms with Crippen molar-refractivity contribution in [3.63, 3.8) is 0 Å². The standard InChI is InChI=1S/C76H50N2/c1-75(2)68-28-15-24-61-60-40-34-52(45-71(60)78-70-29-13-9-23-59(70)62-41-43-69(75)73(72(61)68)74(62)78)51-19-14-18-50(44-51)49-32-37-54(38-33-49)77(53-35-30-48(31-36-53)47-16-4-3-5-17-47)55-39-42-67-63(46-55)58-22-8-12-27-66(58)76(67)64-25-10-6-20-56(64)57-21-7-11-26-65(57)76/h3-46H,1-2H3. The van der Waals surface area contributed by atoms with Crippen LogP contribution < -0.4 is 4.90 Å². The van der Waals surface area contributed by atoms with E-state index in [1.165, 1.54) is 139 Å². The highest BCUT2D eigenvalue weighted by atomic mass is 15.1. The quantitative estimate of drug-likeness (QED) is 0.161. The Labute approximate surface area is 454 Å². The topological polar surface area (TPSA) is 8.17 Å². The lowest BCUT2D eigenvalue weighted by atomic mass is 9.70. The third-order valence-corrected chi connectivity index (χ3v) is 18.2. The van der Waals surface area contributed by atoms with Gasteiger partial charge >= 0.3 is 0 Å². The maximum Gasteiger partial charge on any atom is 0.0725 e. The molecule has 12 aromatic carbocycles. The van der Waals surface area contributed by atoms with Crippen molar-refractivity contribution in [1.82, 2.24) is 4.57 Å². The lowest BCUT2D eigenvalue weighted by Crippen LogP contribution is -2.25. The van der Waals surface area contributed by atoms with E-state index < -0.39 is 5.41 Å². The Hall–Kier alpha value is -9.76. The fraction of sp³-hybridized carbons (Fsp3) is 0.0526. The molecule has 78 heavy (non-hydrogen) atoms. The summed E-state index contributed by atoms with van der Waals surface area (Å²) in [5, 5.41) is 2.60. The van der Waals surface area contributed by atoms with Crippen molar-refractivity contribution < 1.29 is 0 Å². The van der Waals surface area contributed by atoms with Gasteiger partial charge in [0.05, 0.1) is 22.1 Å². The number of rotatable bonds is 6. The zero-order chi connectivity index (χ0) is 51.4. The third-order valence-electron chi connectivity index (χ3n) is 18.2. The summed E-state index contributed by atoms with van der Waals surface area (Å²) in [7, 11) is 0. The van der Waals surface area contributed by atoms with Crippen molar-refractivity contribution in [2.24, 2.45) is 0 Å². The summed E-state index contributed by atoms with van der Waals surface area (Å²) in [6.45, 7) is 4.78. The Morgan fingerprint density at radius 1 is 0.295 bits per heavy atom. The van der Waals surface area contributed by atoms with Gasteiger partial charge in [-0.1, -0.05) is 226 Å². The van der Waals surface area contributed by atoms with Crippen LogP contribution in [0, 0.1) is 0 Å². The summed E-state index contributed by atoms with van der Waals surface area (Å²) >= 11 is 0. The fourth-order valence-electron chi connectivity index (χ4n) is 14.7. The molecule has 1 aromatic heterocycles. The highest BCUT2D eigenvalue weighted by molar-refractivity contribution is 6.19. The van der Waals surface area contributed by atoms with Gasteiger partial charge in [-0.05, 0) is 155 Å². The molecule has 13 aromatic rings. The van der Waals surface area contributed by atoms with E-state index in [4.69, 9.17) is 0 Å². The number of hydrogen-bond donors (Lipinski definition) is 0. The van der Waals surface area contributed by atoms with Gasteiger partial charge in [-0.15, -0.1) is 0 Å². The summed E-state index contributed by atoms with van der Waals surface area (Å²) in [6.07, 6.45) is 0. The second kappa shape index (κ2) is 15.9. The SMILES string of the molecule is CC1(C)c2cccc3c2-c2c1ccc1c4ccccc4n(c21)-c1cc(-c2cccc(-c4ccc(N(c5ccc(-c6ccccc6)cc5)c5ccc6c(c5)-c5ccccc5C65c6ccccc6-c6ccccc65)cc4)c2)ccc1-3. The smallest absolute Gasteiger partial charge is 0.0725 e. The first-order valence-corrected chi connectivity index (χ1v) is 27.4. The zero-order valence-electron chi connectivity index (χ0n) is 43.3. The molecule has 0 N–H and O–H groups in total. The Balaban J connectivity index is 0.782. The van der Waals surface area contributed by atoms with Crippen LogP contribution in [-0.2, 0) is 10.8 Å². The number of anilines is 3. The van der Waals surface area contributed by atoms with Crippen molar-refractivity contribution in [3.05, 3.63) is 300 Å². The lowest BCUT2D eigenvalue weighted by Gasteiger charge is -2.31. The monoisotopic (exact) mass is 990 g/mol. The highest BCUT2D eigenvalue weighted by Gasteiger charge is 2.51. The average Bonchev–Trinajstić information content (AvgIpc) is 3.49. The number of para-hydroxylation sites is 1. The second-order valence-corrected chi connectivity index (χ2v) is 22.3. The first-order valence-electron chi connectivity index (χ1n) is 27.4. The van der Waals surface area contributed by atoms with Crippen molar-refractivity contribution in [2.45, 2.75) is 24.7 Å². The number of aromatic nitrogens is 1. The fourth-order valence-corrected chi connectivity index (χ4v) is 14.7. The average molecular weight is 991 g/mol. The Kier molecular flexibility index (Phi) is 8.86. The van der Waals surface area contributed by atoms with Crippen molar-refractivity contribution in [1.29, 1.82) is 0 Å². The summed E-state index contributed by atoms with van der Waals surface area (Å²) in [5.41, 5.74) is 32.5. The molecule has 4 aliphatic rings. The molecule has 2 nitrogen and oxygen atoms in total. The Bertz CT molecular complexity index is 4640. The minimum Gasteiger partial charge on any atom is -0.310 e. The summed E-state index contributed by atoms with van der Waals surface area (Å²) < 4.78 is 2.57. The van der Waals surface area contributed by atoms with Gasteiger partial charge in [0.1, 0.15) is 0 Å². The molecule has 1 aliphatic heterocycles. The van der Waals surface area contributed by atoms with Crippen LogP contribution >= 0.6 is 0 Å². The van der Waals surface area contributed by atoms with Gasteiger partial charge in [-0.25, -0.2) is 0 Å². The molecule has 2 heterocycles. The molecule has 2 heteroatoms. The summed E-state index contributed by atoms with van der Waals surface area (Å²) in [6, 6.07) is 100. The molecular formula is C76H50N2.